The predicted molar refractivity (Wildman–Crippen MR) is 108 cm³/mol. The molecule has 0 aliphatic carbocycles. The van der Waals surface area contributed by atoms with Crippen LogP contribution in [0.15, 0.2) is 47.8 Å². The minimum atomic E-state index is -0.472. The van der Waals surface area contributed by atoms with Crippen LogP contribution in [0.2, 0.25) is 5.02 Å². The molecule has 27 heavy (non-hydrogen) atoms. The lowest BCUT2D eigenvalue weighted by Gasteiger charge is -2.30. The van der Waals surface area contributed by atoms with Crippen LogP contribution in [0, 0.1) is 0 Å². The van der Waals surface area contributed by atoms with Crippen LogP contribution in [0.1, 0.15) is 32.8 Å². The molecule has 0 bridgehead atoms. The number of thiazole rings is 1. The molecule has 4 rings (SSSR count). The molecule has 3 aromatic rings. The molecule has 2 heterocycles. The molecule has 1 aromatic heterocycles. The number of primary amides is 1. The minimum absolute atomic E-state index is 0.172. The van der Waals surface area contributed by atoms with Crippen molar-refractivity contribution < 1.29 is 9.59 Å². The number of anilines is 1. The maximum absolute atomic E-state index is 13.1. The molecule has 0 saturated heterocycles. The van der Waals surface area contributed by atoms with Gasteiger partial charge >= 0.3 is 0 Å². The Bertz CT molecular complexity index is 1030. The number of nitrogens with zero attached hydrogens (tertiary/aromatic N) is 2. The van der Waals surface area contributed by atoms with Gasteiger partial charge in [0.05, 0.1) is 0 Å². The summed E-state index contributed by atoms with van der Waals surface area (Å²) in [7, 11) is 0. The van der Waals surface area contributed by atoms with Crippen LogP contribution in [0.25, 0.3) is 10.6 Å². The normalized spacial score (nSPS) is 13.3. The zero-order valence-electron chi connectivity index (χ0n) is 14.3. The van der Waals surface area contributed by atoms with Gasteiger partial charge in [-0.15, -0.1) is 11.3 Å². The molecule has 136 valence electrons. The summed E-state index contributed by atoms with van der Waals surface area (Å²) in [4.78, 5) is 31.0. The number of hydrogen-bond donors (Lipinski definition) is 1. The van der Waals surface area contributed by atoms with Gasteiger partial charge in [0, 0.05) is 33.8 Å². The monoisotopic (exact) mass is 397 g/mol. The van der Waals surface area contributed by atoms with Crippen LogP contribution in [0.3, 0.4) is 0 Å². The van der Waals surface area contributed by atoms with Crippen LogP contribution in [-0.4, -0.2) is 23.3 Å². The number of aromatic nitrogens is 1. The number of nitrogens with two attached hydrogens (primary N) is 1. The van der Waals surface area contributed by atoms with Crippen LogP contribution in [0.4, 0.5) is 5.69 Å². The molecule has 0 fully saturated rings. The highest BCUT2D eigenvalue weighted by atomic mass is 35.5. The van der Waals surface area contributed by atoms with Gasteiger partial charge in [-0.25, -0.2) is 4.98 Å². The first-order chi connectivity index (χ1) is 13.0. The molecular weight excluding hydrogens is 382 g/mol. The first-order valence-electron chi connectivity index (χ1n) is 8.49. The van der Waals surface area contributed by atoms with Crippen molar-refractivity contribution in [3.05, 3.63) is 69.7 Å². The average molecular weight is 398 g/mol. The molecule has 2 amide bonds. The lowest BCUT2D eigenvalue weighted by atomic mass is 9.95. The third kappa shape index (κ3) is 3.34. The van der Waals surface area contributed by atoms with Gasteiger partial charge in [0.2, 0.25) is 5.91 Å². The van der Waals surface area contributed by atoms with Gasteiger partial charge in [-0.3, -0.25) is 9.59 Å². The van der Waals surface area contributed by atoms with E-state index in [0.29, 0.717) is 22.8 Å². The smallest absolute Gasteiger partial charge is 0.277 e. The lowest BCUT2D eigenvalue weighted by Crippen LogP contribution is -2.36. The highest BCUT2D eigenvalue weighted by molar-refractivity contribution is 7.13. The van der Waals surface area contributed by atoms with E-state index in [0.717, 1.165) is 34.7 Å². The molecule has 2 N–H and O–H groups in total. The van der Waals surface area contributed by atoms with E-state index < -0.39 is 5.91 Å². The Kier molecular flexibility index (Phi) is 4.68. The summed E-state index contributed by atoms with van der Waals surface area (Å²) in [6.45, 7) is 0.585. The van der Waals surface area contributed by atoms with E-state index in [9.17, 15) is 9.59 Å². The molecule has 1 aliphatic heterocycles. The second-order valence-electron chi connectivity index (χ2n) is 6.27. The zero-order chi connectivity index (χ0) is 19.0. The number of amides is 2. The number of rotatable bonds is 3. The van der Waals surface area contributed by atoms with Gasteiger partial charge in [-0.05, 0) is 42.7 Å². The van der Waals surface area contributed by atoms with E-state index in [4.69, 9.17) is 17.3 Å². The minimum Gasteiger partial charge on any atom is -0.366 e. The SMILES string of the molecule is NC(=O)c1cccc2c1CCCN2C(=O)c1csc(-c2ccc(Cl)cc2)n1. The highest BCUT2D eigenvalue weighted by Crippen LogP contribution is 2.32. The van der Waals surface area contributed by atoms with E-state index >= 15 is 0 Å². The van der Waals surface area contributed by atoms with Gasteiger partial charge in [0.1, 0.15) is 10.7 Å². The molecule has 2 aromatic carbocycles. The summed E-state index contributed by atoms with van der Waals surface area (Å²) >= 11 is 7.34. The van der Waals surface area contributed by atoms with Crippen molar-refractivity contribution in [2.45, 2.75) is 12.8 Å². The Hall–Kier alpha value is -2.70. The van der Waals surface area contributed by atoms with Crippen LogP contribution >= 0.6 is 22.9 Å². The number of benzene rings is 2. The van der Waals surface area contributed by atoms with Crippen LogP contribution in [-0.2, 0) is 6.42 Å². The molecule has 0 unspecified atom stereocenters. The van der Waals surface area contributed by atoms with Gasteiger partial charge in [-0.1, -0.05) is 29.8 Å². The number of fused-ring (bicyclic) bond motifs is 1. The van der Waals surface area contributed by atoms with Crippen molar-refractivity contribution in [2.75, 3.05) is 11.4 Å². The number of halogens is 1. The quantitative estimate of drug-likeness (QED) is 0.721. The summed E-state index contributed by atoms with van der Waals surface area (Å²) in [5, 5.41) is 3.18. The lowest BCUT2D eigenvalue weighted by molar-refractivity contribution is 0.0974. The van der Waals surface area contributed by atoms with E-state index in [-0.39, 0.29) is 5.91 Å². The van der Waals surface area contributed by atoms with Gasteiger partial charge in [0.25, 0.3) is 5.91 Å². The standard InChI is InChI=1S/C20H16ClN3O2S/c21-13-8-6-12(7-9-13)19-23-16(11-27-19)20(26)24-10-2-4-14-15(18(22)25)3-1-5-17(14)24/h1,3,5-9,11H,2,4,10H2,(H2,22,25). The Balaban J connectivity index is 1.66. The Morgan fingerprint density at radius 3 is 2.67 bits per heavy atom. The summed E-state index contributed by atoms with van der Waals surface area (Å²) in [6, 6.07) is 12.7. The Morgan fingerprint density at radius 2 is 1.93 bits per heavy atom. The van der Waals surface area contributed by atoms with Crippen molar-refractivity contribution in [3.63, 3.8) is 0 Å². The van der Waals surface area contributed by atoms with Crippen LogP contribution in [0.5, 0.6) is 0 Å². The maximum atomic E-state index is 13.1. The Labute approximate surface area is 165 Å². The van der Waals surface area contributed by atoms with E-state index in [1.807, 2.05) is 18.2 Å². The van der Waals surface area contributed by atoms with E-state index in [2.05, 4.69) is 4.98 Å². The molecule has 0 atom stereocenters. The van der Waals surface area contributed by atoms with Gasteiger partial charge < -0.3 is 10.6 Å². The Morgan fingerprint density at radius 1 is 1.15 bits per heavy atom. The average Bonchev–Trinajstić information content (AvgIpc) is 3.17. The predicted octanol–water partition coefficient (Wildman–Crippen LogP) is 4.16. The molecular formula is C20H16ClN3O2S. The summed E-state index contributed by atoms with van der Waals surface area (Å²) in [6.07, 6.45) is 1.50. The number of carbonyl (C=O) groups is 2. The van der Waals surface area contributed by atoms with E-state index in [1.54, 1.807) is 34.5 Å². The molecule has 0 spiro atoms. The molecule has 0 radical (unpaired) electrons. The molecule has 7 heteroatoms. The highest BCUT2D eigenvalue weighted by Gasteiger charge is 2.27. The summed E-state index contributed by atoms with van der Waals surface area (Å²) in [5.41, 5.74) is 8.84. The van der Waals surface area contributed by atoms with Crippen molar-refractivity contribution in [3.8, 4) is 10.6 Å². The summed E-state index contributed by atoms with van der Waals surface area (Å²) < 4.78 is 0. The first kappa shape index (κ1) is 17.7. The van der Waals surface area contributed by atoms with Crippen molar-refractivity contribution in [1.82, 2.24) is 4.98 Å². The van der Waals surface area contributed by atoms with Crippen molar-refractivity contribution >= 4 is 40.4 Å². The maximum Gasteiger partial charge on any atom is 0.277 e. The van der Waals surface area contributed by atoms with Crippen LogP contribution < -0.4 is 10.6 Å². The number of hydrogen-bond acceptors (Lipinski definition) is 4. The fraction of sp³-hybridized carbons (Fsp3) is 0.150. The van der Waals surface area contributed by atoms with Crippen molar-refractivity contribution in [1.29, 1.82) is 0 Å². The van der Waals surface area contributed by atoms with Crippen molar-refractivity contribution in [2.24, 2.45) is 5.73 Å². The van der Waals surface area contributed by atoms with E-state index in [1.165, 1.54) is 11.3 Å². The third-order valence-corrected chi connectivity index (χ3v) is 5.72. The van der Waals surface area contributed by atoms with Gasteiger partial charge in [0.15, 0.2) is 0 Å². The fourth-order valence-electron chi connectivity index (χ4n) is 3.30. The van der Waals surface area contributed by atoms with Gasteiger partial charge in [-0.2, -0.15) is 0 Å². The third-order valence-electron chi connectivity index (χ3n) is 4.58. The fourth-order valence-corrected chi connectivity index (χ4v) is 4.23. The zero-order valence-corrected chi connectivity index (χ0v) is 15.9. The largest absolute Gasteiger partial charge is 0.366 e. The molecule has 1 aliphatic rings. The second-order valence-corrected chi connectivity index (χ2v) is 7.57. The molecule has 5 nitrogen and oxygen atoms in total. The molecule has 0 saturated carbocycles. The number of carbonyl (C=O) groups excluding carboxylic acids is 2. The second kappa shape index (κ2) is 7.13. The topological polar surface area (TPSA) is 76.3 Å². The first-order valence-corrected chi connectivity index (χ1v) is 9.75. The summed E-state index contributed by atoms with van der Waals surface area (Å²) in [5.74, 6) is -0.645.